The van der Waals surface area contributed by atoms with Crippen molar-refractivity contribution in [2.45, 2.75) is 49.2 Å². The van der Waals surface area contributed by atoms with E-state index >= 15 is 0 Å². The number of nitrogens with one attached hydrogen (secondary N) is 1. The first-order valence-electron chi connectivity index (χ1n) is 12.1. The van der Waals surface area contributed by atoms with Crippen molar-refractivity contribution < 1.29 is 28.9 Å². The quantitative estimate of drug-likeness (QED) is 0.142. The Morgan fingerprint density at radius 3 is 2.73 bits per heavy atom. The fourth-order valence-corrected chi connectivity index (χ4v) is 6.71. The van der Waals surface area contributed by atoms with Gasteiger partial charge in [-0.2, -0.15) is 9.36 Å². The van der Waals surface area contributed by atoms with E-state index in [-0.39, 0.29) is 28.5 Å². The third kappa shape index (κ3) is 5.55. The van der Waals surface area contributed by atoms with E-state index in [1.807, 2.05) is 41.5 Å². The van der Waals surface area contributed by atoms with Crippen LogP contribution in [0.5, 0.6) is 0 Å². The number of nitrogens with zero attached hydrogens (tertiary/aromatic N) is 6. The van der Waals surface area contributed by atoms with Crippen molar-refractivity contribution in [1.82, 2.24) is 24.6 Å². The van der Waals surface area contributed by atoms with Crippen molar-refractivity contribution in [3.05, 3.63) is 46.3 Å². The number of aromatic nitrogens is 4. The first kappa shape index (κ1) is 27.7. The lowest BCUT2D eigenvalue weighted by Crippen LogP contribution is -2.72. The summed E-state index contributed by atoms with van der Waals surface area (Å²) in [4.78, 5) is 54.2. The minimum Gasteiger partial charge on any atom is -0.477 e. The second-order valence-electron chi connectivity index (χ2n) is 9.25. The molecule has 0 bridgehead atoms. The Hall–Kier alpha value is -3.89. The van der Waals surface area contributed by atoms with Crippen LogP contribution < -0.4 is 15.6 Å². The molecule has 2 atom stereocenters. The largest absolute Gasteiger partial charge is 0.477 e. The van der Waals surface area contributed by atoms with Gasteiger partial charge in [-0.1, -0.05) is 16.9 Å². The lowest BCUT2D eigenvalue weighted by atomic mass is 9.86. The van der Waals surface area contributed by atoms with Gasteiger partial charge in [-0.05, 0) is 26.7 Å². The Morgan fingerprint density at radius 2 is 2.08 bits per heavy atom. The predicted molar refractivity (Wildman–Crippen MR) is 148 cm³/mol. The van der Waals surface area contributed by atoms with Crippen LogP contribution in [0.3, 0.4) is 0 Å². The van der Waals surface area contributed by atoms with Crippen LogP contribution in [0.25, 0.3) is 11.3 Å². The highest BCUT2D eigenvalue weighted by atomic mass is 32.2. The molecular weight excluding hydrogens is 577 g/mol. The number of β-lactam (4-membered cyclic amide) rings is 1. The summed E-state index contributed by atoms with van der Waals surface area (Å²) >= 11 is 3.55. The van der Waals surface area contributed by atoms with Crippen LogP contribution in [0, 0.1) is 0 Å². The molecule has 5 rings (SSSR count). The number of oxime groups is 1. The van der Waals surface area contributed by atoms with Gasteiger partial charge in [0, 0.05) is 39.5 Å². The Labute approximate surface area is 240 Å². The maximum atomic E-state index is 13.2. The maximum absolute atomic E-state index is 13.2. The van der Waals surface area contributed by atoms with Gasteiger partial charge in [0.1, 0.15) is 24.9 Å². The zero-order valence-corrected chi connectivity index (χ0v) is 24.0. The van der Waals surface area contributed by atoms with E-state index in [4.69, 9.17) is 10.6 Å². The van der Waals surface area contributed by atoms with Gasteiger partial charge >= 0.3 is 5.97 Å². The standard InChI is InChI=1S/C24H24N8O5S3/c1-11(2)37-29-17(19-28-23(25)40-30-19)20(33)27-16-14-4-5-15(18(22(35)36)32(14)21(16)34)39-24-26-13(10-38-24)12-6-8-31(3)9-7-12/h6-11,14,16H,4-5H2,1-3H3,(H3-,25,27,28,30,33,35,36)/p+1/b29-17-/t14-,16+/m1/s1. The first-order valence-corrected chi connectivity index (χ1v) is 14.6. The summed E-state index contributed by atoms with van der Waals surface area (Å²) in [6.45, 7) is 3.47. The molecule has 0 radical (unpaired) electrons. The van der Waals surface area contributed by atoms with Gasteiger partial charge in [0.25, 0.3) is 11.8 Å². The molecule has 16 heteroatoms. The number of hydrogen-bond donors (Lipinski definition) is 3. The number of rotatable bonds is 9. The summed E-state index contributed by atoms with van der Waals surface area (Å²) in [7, 11) is 1.93. The summed E-state index contributed by atoms with van der Waals surface area (Å²) in [6, 6.07) is 2.45. The lowest BCUT2D eigenvalue weighted by Gasteiger charge is -2.49. The second kappa shape index (κ2) is 11.3. The number of thiazole rings is 1. The van der Waals surface area contributed by atoms with E-state index in [0.717, 1.165) is 22.8 Å². The normalized spacial score (nSPS) is 18.9. The minimum absolute atomic E-state index is 0.0232. The molecular formula is C24H25N8O5S3+. The molecule has 4 N–H and O–H groups in total. The number of aliphatic carboxylic acids is 1. The van der Waals surface area contributed by atoms with Crippen molar-refractivity contribution >= 4 is 63.3 Å². The van der Waals surface area contributed by atoms with Crippen molar-refractivity contribution in [3.8, 4) is 11.3 Å². The van der Waals surface area contributed by atoms with Gasteiger partial charge in [-0.25, -0.2) is 14.3 Å². The predicted octanol–water partition coefficient (Wildman–Crippen LogP) is 1.78. The molecule has 0 saturated carbocycles. The Morgan fingerprint density at radius 1 is 1.32 bits per heavy atom. The summed E-state index contributed by atoms with van der Waals surface area (Å²) in [5.41, 5.74) is 7.08. The Balaban J connectivity index is 1.33. The first-order chi connectivity index (χ1) is 19.1. The van der Waals surface area contributed by atoms with Gasteiger partial charge in [0.15, 0.2) is 21.9 Å². The lowest BCUT2D eigenvalue weighted by molar-refractivity contribution is -0.671. The molecule has 208 valence electrons. The molecule has 0 unspecified atom stereocenters. The molecule has 0 aliphatic carbocycles. The highest BCUT2D eigenvalue weighted by Gasteiger charge is 2.54. The molecule has 0 spiro atoms. The molecule has 3 aromatic rings. The van der Waals surface area contributed by atoms with Gasteiger partial charge in [-0.3, -0.25) is 14.5 Å². The molecule has 1 saturated heterocycles. The zero-order chi connectivity index (χ0) is 28.6. The van der Waals surface area contributed by atoms with Crippen LogP contribution in [-0.4, -0.2) is 66.0 Å². The highest BCUT2D eigenvalue weighted by Crippen LogP contribution is 2.44. The van der Waals surface area contributed by atoms with E-state index in [2.05, 4.69) is 24.8 Å². The van der Waals surface area contributed by atoms with Crippen LogP contribution in [0.2, 0.25) is 0 Å². The van der Waals surface area contributed by atoms with Gasteiger partial charge in [0.2, 0.25) is 11.5 Å². The van der Waals surface area contributed by atoms with E-state index in [1.54, 1.807) is 13.8 Å². The van der Waals surface area contributed by atoms with Crippen LogP contribution >= 0.6 is 34.6 Å². The summed E-state index contributed by atoms with van der Waals surface area (Å²) in [6.07, 6.45) is 4.40. The monoisotopic (exact) mass is 601 g/mol. The highest BCUT2D eigenvalue weighted by molar-refractivity contribution is 8.04. The number of thioether (sulfide) groups is 1. The molecule has 5 heterocycles. The van der Waals surface area contributed by atoms with Crippen molar-refractivity contribution in [3.63, 3.8) is 0 Å². The number of carbonyl (C=O) groups excluding carboxylic acids is 2. The molecule has 40 heavy (non-hydrogen) atoms. The van der Waals surface area contributed by atoms with Crippen LogP contribution in [0.15, 0.2) is 50.0 Å². The fraction of sp³-hybridized carbons (Fsp3) is 0.333. The third-order valence-corrected chi connectivity index (χ3v) is 8.70. The van der Waals surface area contributed by atoms with E-state index in [1.165, 1.54) is 28.0 Å². The summed E-state index contributed by atoms with van der Waals surface area (Å²) in [5.74, 6) is -2.49. The molecule has 3 aromatic heterocycles. The number of carboxylic acid groups (broad SMARTS) is 1. The van der Waals surface area contributed by atoms with E-state index in [0.29, 0.717) is 22.1 Å². The average molecular weight is 602 g/mol. The third-order valence-electron chi connectivity index (χ3n) is 6.07. The van der Waals surface area contributed by atoms with Gasteiger partial charge in [-0.15, -0.1) is 11.3 Å². The number of allylic oxidation sites excluding steroid dienone is 1. The number of fused-ring (bicyclic) bond motifs is 1. The number of nitrogens with two attached hydrogens (primary N) is 1. The molecule has 0 aromatic carbocycles. The number of hydrogen-bond acceptors (Lipinski definition) is 12. The summed E-state index contributed by atoms with van der Waals surface area (Å²) in [5, 5.41) is 18.6. The SMILES string of the molecule is CC(C)O/N=C(\C(=O)N[C@@H]1C(=O)N2C(C(=O)O)=C(Sc3nc(-c4cc[n+](C)cc4)cs3)CC[C@H]12)c1nsc(N)n1. The fourth-order valence-electron chi connectivity index (χ4n) is 4.22. The number of pyridine rings is 1. The topological polar surface area (TPSA) is 177 Å². The number of amides is 2. The number of nitrogen functional groups attached to an aromatic ring is 1. The van der Waals surface area contributed by atoms with Gasteiger partial charge < -0.3 is 21.0 Å². The summed E-state index contributed by atoms with van der Waals surface area (Å²) < 4.78 is 6.62. The second-order valence-corrected chi connectivity index (χ2v) is 12.2. The van der Waals surface area contributed by atoms with Crippen LogP contribution in [-0.2, 0) is 26.3 Å². The molecule has 1 fully saturated rings. The van der Waals surface area contributed by atoms with E-state index in [9.17, 15) is 19.5 Å². The average Bonchev–Trinajstić information content (AvgIpc) is 3.56. The van der Waals surface area contributed by atoms with E-state index < -0.39 is 29.9 Å². The minimum atomic E-state index is -1.22. The van der Waals surface area contributed by atoms with Gasteiger partial charge in [0.05, 0.1) is 11.7 Å². The molecule has 2 amide bonds. The van der Waals surface area contributed by atoms with Crippen LogP contribution in [0.1, 0.15) is 32.5 Å². The molecule has 13 nitrogen and oxygen atoms in total. The molecule has 2 aliphatic rings. The van der Waals surface area contributed by atoms with Crippen LogP contribution in [0.4, 0.5) is 5.13 Å². The maximum Gasteiger partial charge on any atom is 0.353 e. The Bertz CT molecular complexity index is 1530. The number of aryl methyl sites for hydroxylation is 1. The number of carboxylic acids is 1. The molecule has 2 aliphatic heterocycles. The zero-order valence-electron chi connectivity index (χ0n) is 21.6. The smallest absolute Gasteiger partial charge is 0.353 e. The Kier molecular flexibility index (Phi) is 7.82. The number of anilines is 1. The van der Waals surface area contributed by atoms with Crippen molar-refractivity contribution in [2.75, 3.05) is 5.73 Å². The number of carbonyl (C=O) groups is 3. The van der Waals surface area contributed by atoms with Crippen molar-refractivity contribution in [1.29, 1.82) is 0 Å². The van der Waals surface area contributed by atoms with Crippen molar-refractivity contribution in [2.24, 2.45) is 12.2 Å².